The van der Waals surface area contributed by atoms with E-state index < -0.39 is 0 Å². The lowest BCUT2D eigenvalue weighted by Gasteiger charge is -2.20. The van der Waals surface area contributed by atoms with Crippen molar-refractivity contribution in [3.8, 4) is 0 Å². The van der Waals surface area contributed by atoms with Crippen LogP contribution in [0.4, 0.5) is 5.69 Å². The van der Waals surface area contributed by atoms with Crippen LogP contribution in [-0.2, 0) is 9.59 Å². The van der Waals surface area contributed by atoms with Crippen molar-refractivity contribution >= 4 is 57.5 Å². The fourth-order valence-corrected chi connectivity index (χ4v) is 4.87. The highest BCUT2D eigenvalue weighted by molar-refractivity contribution is 14.1. The van der Waals surface area contributed by atoms with E-state index in [1.165, 1.54) is 0 Å². The first-order chi connectivity index (χ1) is 14.9. The number of nitrogens with zero attached hydrogens (tertiary/aromatic N) is 2. The third kappa shape index (κ3) is 4.27. The number of nitrogens with one attached hydrogen (secondary N) is 2. The van der Waals surface area contributed by atoms with Crippen molar-refractivity contribution in [3.63, 3.8) is 0 Å². The number of aromatic nitrogens is 2. The number of halogens is 1. The Balaban J connectivity index is 0.000000730. The summed E-state index contributed by atoms with van der Waals surface area (Å²) in [4.78, 5) is 35.6. The number of piperidine rings is 1. The van der Waals surface area contributed by atoms with Gasteiger partial charge in [0.1, 0.15) is 0 Å². The molecular formula is C22H21IN4O4. The summed E-state index contributed by atoms with van der Waals surface area (Å²) in [5.41, 5.74) is 3.39. The molecule has 1 saturated heterocycles. The first-order valence-electron chi connectivity index (χ1n) is 9.81. The molecule has 0 unspecified atom stereocenters. The number of hydrogen-bond donors (Lipinski definition) is 3. The standard InChI is InChI=1S/C21H19IN4O2.CH2O2/c1-11-15-8-14(5-6-18(15)25-24-11)23-20(27)19-16-9-26(10-17(16)19)21(28)12-3-2-4-13(22)7-12;2-1-3/h2-8,16-17,19H,9-10H2,1H3,(H,23,27)(H,24,25);1H,(H,2,3)/t16-,17-;/m0./s1. The van der Waals surface area contributed by atoms with Gasteiger partial charge >= 0.3 is 0 Å². The minimum absolute atomic E-state index is 0.00102. The molecule has 9 heteroatoms. The summed E-state index contributed by atoms with van der Waals surface area (Å²) in [6, 6.07) is 13.4. The molecule has 3 N–H and O–H groups in total. The molecule has 2 heterocycles. The zero-order valence-electron chi connectivity index (χ0n) is 16.7. The Kier molecular flexibility index (Phi) is 5.94. The van der Waals surface area contributed by atoms with E-state index in [0.717, 1.165) is 31.4 Å². The van der Waals surface area contributed by atoms with Gasteiger partial charge in [-0.25, -0.2) is 0 Å². The Morgan fingerprint density at radius 3 is 2.61 bits per heavy atom. The monoisotopic (exact) mass is 532 g/mol. The largest absolute Gasteiger partial charge is 0.483 e. The van der Waals surface area contributed by atoms with Crippen molar-refractivity contribution < 1.29 is 19.5 Å². The molecule has 0 radical (unpaired) electrons. The number of carbonyl (C=O) groups excluding carboxylic acids is 2. The third-order valence-corrected chi connectivity index (χ3v) is 6.54. The van der Waals surface area contributed by atoms with Crippen molar-refractivity contribution in [3.05, 3.63) is 57.3 Å². The normalized spacial score (nSPS) is 21.1. The van der Waals surface area contributed by atoms with Crippen molar-refractivity contribution in [1.29, 1.82) is 0 Å². The minimum Gasteiger partial charge on any atom is -0.483 e. The summed E-state index contributed by atoms with van der Waals surface area (Å²) in [6.07, 6.45) is 0. The molecule has 8 nitrogen and oxygen atoms in total. The van der Waals surface area contributed by atoms with Gasteiger partial charge in [-0.2, -0.15) is 5.10 Å². The Bertz CT molecular complexity index is 1150. The number of fused-ring (bicyclic) bond motifs is 2. The second-order valence-electron chi connectivity index (χ2n) is 7.75. The van der Waals surface area contributed by atoms with Crippen LogP contribution in [0.3, 0.4) is 0 Å². The van der Waals surface area contributed by atoms with Gasteiger partial charge in [0.15, 0.2) is 0 Å². The number of rotatable bonds is 3. The maximum absolute atomic E-state index is 12.7. The van der Waals surface area contributed by atoms with Gasteiger partial charge in [0.05, 0.1) is 5.52 Å². The van der Waals surface area contributed by atoms with Crippen LogP contribution in [0.1, 0.15) is 16.1 Å². The van der Waals surface area contributed by atoms with Gasteiger partial charge in [-0.15, -0.1) is 0 Å². The Hall–Kier alpha value is -2.95. The van der Waals surface area contributed by atoms with E-state index in [0.29, 0.717) is 13.1 Å². The van der Waals surface area contributed by atoms with Crippen molar-refractivity contribution in [2.75, 3.05) is 18.4 Å². The SMILES string of the molecule is Cc1[nH]nc2ccc(NC(=O)C3[C@H]4CN(C(=O)c5cccc(I)c5)C[C@H]34)cc12.O=CO. The first-order valence-corrected chi connectivity index (χ1v) is 10.9. The number of anilines is 1. The maximum Gasteiger partial charge on any atom is 0.290 e. The van der Waals surface area contributed by atoms with Crippen LogP contribution in [-0.4, -0.2) is 51.6 Å². The number of carboxylic acid groups (broad SMARTS) is 1. The molecule has 160 valence electrons. The van der Waals surface area contributed by atoms with Crippen molar-refractivity contribution in [1.82, 2.24) is 15.1 Å². The van der Waals surface area contributed by atoms with Gasteiger partial charge in [0.2, 0.25) is 5.91 Å². The van der Waals surface area contributed by atoms with Gasteiger partial charge in [0, 0.05) is 44.9 Å². The van der Waals surface area contributed by atoms with Crippen LogP contribution in [0, 0.1) is 28.2 Å². The van der Waals surface area contributed by atoms with Crippen LogP contribution >= 0.6 is 22.6 Å². The number of amides is 2. The highest BCUT2D eigenvalue weighted by Crippen LogP contribution is 2.52. The van der Waals surface area contributed by atoms with E-state index in [9.17, 15) is 9.59 Å². The number of benzene rings is 2. The molecule has 1 saturated carbocycles. The van der Waals surface area contributed by atoms with E-state index in [-0.39, 0.29) is 36.0 Å². The number of aryl methyl sites for hydroxylation is 1. The second kappa shape index (κ2) is 8.66. The molecule has 3 aromatic rings. The van der Waals surface area contributed by atoms with Gasteiger partial charge in [-0.05, 0) is 77.7 Å². The van der Waals surface area contributed by atoms with Gasteiger partial charge < -0.3 is 15.3 Å². The quantitative estimate of drug-likeness (QED) is 0.354. The topological polar surface area (TPSA) is 115 Å². The van der Waals surface area contributed by atoms with Crippen LogP contribution in [0.25, 0.3) is 10.9 Å². The summed E-state index contributed by atoms with van der Waals surface area (Å²) in [5, 5.41) is 18.1. The third-order valence-electron chi connectivity index (χ3n) is 5.87. The molecule has 31 heavy (non-hydrogen) atoms. The van der Waals surface area contributed by atoms with E-state index in [1.54, 1.807) is 0 Å². The number of H-pyrrole nitrogens is 1. The molecular weight excluding hydrogens is 511 g/mol. The summed E-state index contributed by atoms with van der Waals surface area (Å²) in [5.74, 6) is 0.654. The molecule has 2 aromatic carbocycles. The molecule has 0 spiro atoms. The zero-order chi connectivity index (χ0) is 22.1. The summed E-state index contributed by atoms with van der Waals surface area (Å²) in [7, 11) is 0. The molecule has 2 amide bonds. The predicted octanol–water partition coefficient (Wildman–Crippen LogP) is 3.13. The fraction of sp³-hybridized carbons (Fsp3) is 0.273. The minimum atomic E-state index is -0.250. The van der Waals surface area contributed by atoms with Crippen molar-refractivity contribution in [2.45, 2.75) is 6.92 Å². The Labute approximate surface area is 192 Å². The highest BCUT2D eigenvalue weighted by Gasteiger charge is 2.60. The fourth-order valence-electron chi connectivity index (χ4n) is 4.33. The van der Waals surface area contributed by atoms with Gasteiger partial charge in [-0.3, -0.25) is 19.5 Å². The average molecular weight is 532 g/mol. The molecule has 1 aliphatic carbocycles. The lowest BCUT2D eigenvalue weighted by molar-refractivity contribution is -0.123. The molecule has 1 aliphatic heterocycles. The van der Waals surface area contributed by atoms with Crippen LogP contribution in [0.5, 0.6) is 0 Å². The predicted molar refractivity (Wildman–Crippen MR) is 124 cm³/mol. The number of hydrogen-bond acceptors (Lipinski definition) is 4. The summed E-state index contributed by atoms with van der Waals surface area (Å²) >= 11 is 2.21. The Morgan fingerprint density at radius 1 is 1.23 bits per heavy atom. The summed E-state index contributed by atoms with van der Waals surface area (Å²) in [6.45, 7) is 3.03. The van der Waals surface area contributed by atoms with Crippen LogP contribution < -0.4 is 5.32 Å². The molecule has 0 bridgehead atoms. The van der Waals surface area contributed by atoms with E-state index in [2.05, 4.69) is 38.1 Å². The van der Waals surface area contributed by atoms with Gasteiger partial charge in [-0.1, -0.05) is 6.07 Å². The molecule has 1 aromatic heterocycles. The van der Waals surface area contributed by atoms with E-state index in [4.69, 9.17) is 9.90 Å². The van der Waals surface area contributed by atoms with E-state index in [1.807, 2.05) is 54.3 Å². The van der Waals surface area contributed by atoms with Crippen LogP contribution in [0.2, 0.25) is 0 Å². The first kappa shape index (κ1) is 21.3. The Morgan fingerprint density at radius 2 is 1.94 bits per heavy atom. The molecule has 2 aliphatic rings. The number of carbonyl (C=O) groups is 3. The average Bonchev–Trinajstić information content (AvgIpc) is 3.05. The smallest absolute Gasteiger partial charge is 0.290 e. The zero-order valence-corrected chi connectivity index (χ0v) is 18.9. The molecule has 5 rings (SSSR count). The highest BCUT2D eigenvalue weighted by atomic mass is 127. The number of aromatic amines is 1. The second-order valence-corrected chi connectivity index (χ2v) is 8.99. The lowest BCUT2D eigenvalue weighted by Crippen LogP contribution is -2.33. The van der Waals surface area contributed by atoms with Crippen LogP contribution in [0.15, 0.2) is 42.5 Å². The number of likely N-dealkylation sites (tertiary alicyclic amines) is 1. The summed E-state index contributed by atoms with van der Waals surface area (Å²) < 4.78 is 1.05. The maximum atomic E-state index is 12.7. The van der Waals surface area contributed by atoms with E-state index >= 15 is 0 Å². The van der Waals surface area contributed by atoms with Crippen molar-refractivity contribution in [2.24, 2.45) is 17.8 Å². The lowest BCUT2D eigenvalue weighted by atomic mass is 10.1. The molecule has 2 fully saturated rings. The van der Waals surface area contributed by atoms with Gasteiger partial charge in [0.25, 0.3) is 12.4 Å². The molecule has 2 atom stereocenters.